The Balaban J connectivity index is 2.07. The topological polar surface area (TPSA) is 80.5 Å². The zero-order valence-electron chi connectivity index (χ0n) is 13.5. The summed E-state index contributed by atoms with van der Waals surface area (Å²) < 4.78 is 29.7. The molecule has 2 heterocycles. The van der Waals surface area contributed by atoms with Crippen LogP contribution in [0.3, 0.4) is 0 Å². The highest BCUT2D eigenvalue weighted by Crippen LogP contribution is 2.25. The molecule has 0 aromatic carbocycles. The van der Waals surface area contributed by atoms with Gasteiger partial charge in [0.15, 0.2) is 9.86 Å². The van der Waals surface area contributed by atoms with Gasteiger partial charge in [0, 0.05) is 17.1 Å². The number of rotatable bonds is 3. The summed E-state index contributed by atoms with van der Waals surface area (Å²) in [5, 5.41) is 1.80. The summed E-state index contributed by atoms with van der Waals surface area (Å²) in [7, 11) is -3.88. The van der Waals surface area contributed by atoms with Crippen molar-refractivity contribution >= 4 is 26.3 Å². The van der Waals surface area contributed by atoms with E-state index in [1.54, 1.807) is 19.2 Å². The highest BCUT2D eigenvalue weighted by Gasteiger charge is 2.30. The standard InChI is InChI=1S/C15H21N3O3S2/c1-9-6-4-5-7-12(9)17-23(20,21)13-11(3)16-15-18(14(13)19)10(2)8-22-15/h8-9,12,17H,4-7H2,1-3H3/t9-,12-/m1/s1. The lowest BCUT2D eigenvalue weighted by Gasteiger charge is -2.29. The molecule has 126 valence electrons. The third kappa shape index (κ3) is 2.95. The van der Waals surface area contributed by atoms with Gasteiger partial charge in [-0.25, -0.2) is 18.1 Å². The van der Waals surface area contributed by atoms with E-state index in [0.29, 0.717) is 10.7 Å². The van der Waals surface area contributed by atoms with Crippen LogP contribution in [0.5, 0.6) is 0 Å². The van der Waals surface area contributed by atoms with Crippen molar-refractivity contribution in [3.8, 4) is 0 Å². The average molecular weight is 355 g/mol. The third-order valence-corrected chi connectivity index (χ3v) is 7.12. The van der Waals surface area contributed by atoms with Gasteiger partial charge in [0.1, 0.15) is 0 Å². The van der Waals surface area contributed by atoms with Gasteiger partial charge in [-0.15, -0.1) is 11.3 Å². The Morgan fingerprint density at radius 3 is 2.70 bits per heavy atom. The van der Waals surface area contributed by atoms with Crippen LogP contribution in [0.4, 0.5) is 0 Å². The molecule has 6 nitrogen and oxygen atoms in total. The van der Waals surface area contributed by atoms with Crippen LogP contribution < -0.4 is 10.3 Å². The number of hydrogen-bond acceptors (Lipinski definition) is 5. The van der Waals surface area contributed by atoms with E-state index in [-0.39, 0.29) is 22.5 Å². The molecule has 1 fully saturated rings. The van der Waals surface area contributed by atoms with Crippen LogP contribution in [0.1, 0.15) is 44.0 Å². The van der Waals surface area contributed by atoms with E-state index in [9.17, 15) is 13.2 Å². The van der Waals surface area contributed by atoms with E-state index in [4.69, 9.17) is 0 Å². The van der Waals surface area contributed by atoms with E-state index in [2.05, 4.69) is 16.6 Å². The largest absolute Gasteiger partial charge is 0.279 e. The summed E-state index contributed by atoms with van der Waals surface area (Å²) in [6.45, 7) is 5.40. The fourth-order valence-corrected chi connectivity index (χ4v) is 5.75. The summed E-state index contributed by atoms with van der Waals surface area (Å²) in [5.41, 5.74) is 0.444. The smallest absolute Gasteiger partial charge is 0.267 e. The van der Waals surface area contributed by atoms with Crippen molar-refractivity contribution in [2.24, 2.45) is 5.92 Å². The molecule has 0 unspecified atom stereocenters. The summed E-state index contributed by atoms with van der Waals surface area (Å²) in [6.07, 6.45) is 3.96. The number of aryl methyl sites for hydroxylation is 2. The quantitative estimate of drug-likeness (QED) is 0.915. The second-order valence-electron chi connectivity index (χ2n) is 6.32. The summed E-state index contributed by atoms with van der Waals surface area (Å²) in [5.74, 6) is 0.279. The van der Waals surface area contributed by atoms with Crippen LogP contribution in [-0.2, 0) is 10.0 Å². The van der Waals surface area contributed by atoms with Crippen molar-refractivity contribution in [2.75, 3.05) is 0 Å². The number of hydrogen-bond donors (Lipinski definition) is 1. The molecular formula is C15H21N3O3S2. The number of fused-ring (bicyclic) bond motifs is 1. The second kappa shape index (κ2) is 5.99. The van der Waals surface area contributed by atoms with Crippen molar-refractivity contribution in [1.29, 1.82) is 0 Å². The molecule has 0 radical (unpaired) electrons. The monoisotopic (exact) mass is 355 g/mol. The highest BCUT2D eigenvalue weighted by atomic mass is 32.2. The molecule has 2 aromatic heterocycles. The van der Waals surface area contributed by atoms with Crippen LogP contribution in [0.25, 0.3) is 4.96 Å². The molecule has 1 saturated carbocycles. The molecule has 0 spiro atoms. The normalized spacial score (nSPS) is 22.6. The minimum atomic E-state index is -3.88. The molecule has 1 aliphatic carbocycles. The lowest BCUT2D eigenvalue weighted by atomic mass is 9.87. The molecule has 1 N–H and O–H groups in total. The maximum Gasteiger partial charge on any atom is 0.279 e. The lowest BCUT2D eigenvalue weighted by molar-refractivity contribution is 0.310. The Morgan fingerprint density at radius 2 is 2.00 bits per heavy atom. The number of sulfonamides is 1. The molecule has 8 heteroatoms. The first kappa shape index (κ1) is 16.6. The van der Waals surface area contributed by atoms with E-state index in [1.807, 2.05) is 0 Å². The first-order chi connectivity index (χ1) is 10.8. The molecule has 2 aromatic rings. The fraction of sp³-hybridized carbons (Fsp3) is 0.600. The van der Waals surface area contributed by atoms with Gasteiger partial charge < -0.3 is 0 Å². The summed E-state index contributed by atoms with van der Waals surface area (Å²) >= 11 is 1.33. The second-order valence-corrected chi connectivity index (χ2v) is 8.80. The Morgan fingerprint density at radius 1 is 1.30 bits per heavy atom. The van der Waals surface area contributed by atoms with Crippen molar-refractivity contribution < 1.29 is 8.42 Å². The fourth-order valence-electron chi connectivity index (χ4n) is 3.23. The van der Waals surface area contributed by atoms with Gasteiger partial charge in [0.2, 0.25) is 10.0 Å². The number of aromatic nitrogens is 2. The number of nitrogens with zero attached hydrogens (tertiary/aromatic N) is 2. The van der Waals surface area contributed by atoms with Crippen molar-refractivity contribution in [3.63, 3.8) is 0 Å². The van der Waals surface area contributed by atoms with Gasteiger partial charge in [-0.3, -0.25) is 9.20 Å². The molecule has 23 heavy (non-hydrogen) atoms. The lowest BCUT2D eigenvalue weighted by Crippen LogP contribution is -2.43. The Bertz CT molecular complexity index is 899. The first-order valence-corrected chi connectivity index (χ1v) is 10.2. The minimum Gasteiger partial charge on any atom is -0.267 e. The molecular weight excluding hydrogens is 334 g/mol. The molecule has 0 saturated heterocycles. The average Bonchev–Trinajstić information content (AvgIpc) is 2.82. The van der Waals surface area contributed by atoms with Crippen molar-refractivity contribution in [2.45, 2.75) is 57.4 Å². The van der Waals surface area contributed by atoms with Crippen molar-refractivity contribution in [3.05, 3.63) is 27.1 Å². The molecule has 0 amide bonds. The van der Waals surface area contributed by atoms with Crippen LogP contribution in [0, 0.1) is 19.8 Å². The highest BCUT2D eigenvalue weighted by molar-refractivity contribution is 7.89. The Labute approximate surface area is 139 Å². The minimum absolute atomic E-state index is 0.114. The molecule has 0 bridgehead atoms. The Kier molecular flexibility index (Phi) is 4.33. The molecule has 2 atom stereocenters. The number of nitrogens with one attached hydrogen (secondary N) is 1. The van der Waals surface area contributed by atoms with Crippen LogP contribution in [0.2, 0.25) is 0 Å². The predicted octanol–water partition coefficient (Wildman–Crippen LogP) is 2.23. The predicted molar refractivity (Wildman–Crippen MR) is 90.6 cm³/mol. The first-order valence-electron chi connectivity index (χ1n) is 7.81. The third-order valence-electron chi connectivity index (χ3n) is 4.55. The summed E-state index contributed by atoms with van der Waals surface area (Å²) in [4.78, 5) is 17.3. The van der Waals surface area contributed by atoms with E-state index in [1.165, 1.54) is 15.7 Å². The van der Waals surface area contributed by atoms with E-state index < -0.39 is 15.6 Å². The summed E-state index contributed by atoms with van der Waals surface area (Å²) in [6, 6.07) is -0.114. The SMILES string of the molecule is Cc1nc2scc(C)n2c(=O)c1S(=O)(=O)N[C@@H]1CCCC[C@H]1C. The maximum absolute atomic E-state index is 12.8. The zero-order chi connectivity index (χ0) is 16.8. The molecule has 1 aliphatic rings. The van der Waals surface area contributed by atoms with Crippen LogP contribution in [-0.4, -0.2) is 23.8 Å². The van der Waals surface area contributed by atoms with Gasteiger partial charge in [-0.05, 0) is 32.6 Å². The number of thiazole rings is 1. The molecule has 3 rings (SSSR count). The van der Waals surface area contributed by atoms with E-state index >= 15 is 0 Å². The van der Waals surface area contributed by atoms with Crippen LogP contribution >= 0.6 is 11.3 Å². The molecule has 0 aliphatic heterocycles. The van der Waals surface area contributed by atoms with Gasteiger partial charge >= 0.3 is 0 Å². The zero-order valence-corrected chi connectivity index (χ0v) is 15.1. The van der Waals surface area contributed by atoms with Gasteiger partial charge in [-0.1, -0.05) is 19.8 Å². The van der Waals surface area contributed by atoms with Crippen molar-refractivity contribution in [1.82, 2.24) is 14.1 Å². The van der Waals surface area contributed by atoms with Gasteiger partial charge in [-0.2, -0.15) is 0 Å². The maximum atomic E-state index is 12.8. The van der Waals surface area contributed by atoms with Gasteiger partial charge in [0.05, 0.1) is 5.69 Å². The van der Waals surface area contributed by atoms with E-state index in [0.717, 1.165) is 25.7 Å². The van der Waals surface area contributed by atoms with Gasteiger partial charge in [0.25, 0.3) is 5.56 Å². The van der Waals surface area contributed by atoms with Crippen LogP contribution in [0.15, 0.2) is 15.1 Å². The Hall–Kier alpha value is -1.25.